The second kappa shape index (κ2) is 4.46. The minimum Gasteiger partial charge on any atom is -0.478 e. The predicted molar refractivity (Wildman–Crippen MR) is 72.4 cm³/mol. The number of aromatic carboxylic acids is 2. The Kier molecular flexibility index (Phi) is 2.76. The summed E-state index contributed by atoms with van der Waals surface area (Å²) in [5.74, 6) is -2.30. The molecule has 7 heteroatoms. The molecule has 0 unspecified atom stereocenters. The summed E-state index contributed by atoms with van der Waals surface area (Å²) < 4.78 is 1.29. The average Bonchev–Trinajstić information content (AvgIpc) is 3.04. The van der Waals surface area contributed by atoms with Crippen molar-refractivity contribution in [1.29, 1.82) is 0 Å². The molecule has 0 saturated heterocycles. The molecular weight excluding hydrogens is 280 g/mol. The molecule has 3 rings (SSSR count). The van der Waals surface area contributed by atoms with E-state index in [1.807, 2.05) is 5.38 Å². The van der Waals surface area contributed by atoms with Crippen molar-refractivity contribution >= 4 is 28.9 Å². The highest BCUT2D eigenvalue weighted by atomic mass is 32.1. The average molecular weight is 288 g/mol. The molecule has 20 heavy (non-hydrogen) atoms. The molecule has 3 aromatic heterocycles. The van der Waals surface area contributed by atoms with E-state index in [0.29, 0.717) is 5.56 Å². The summed E-state index contributed by atoms with van der Waals surface area (Å²) in [6.45, 7) is 0. The second-order valence-electron chi connectivity index (χ2n) is 4.05. The van der Waals surface area contributed by atoms with E-state index in [0.717, 1.165) is 0 Å². The number of imidazole rings is 1. The largest absolute Gasteiger partial charge is 0.478 e. The van der Waals surface area contributed by atoms with Crippen molar-refractivity contribution in [3.8, 4) is 11.3 Å². The summed E-state index contributed by atoms with van der Waals surface area (Å²) in [4.78, 5) is 26.9. The highest BCUT2D eigenvalue weighted by Crippen LogP contribution is 2.27. The summed E-state index contributed by atoms with van der Waals surface area (Å²) in [6, 6.07) is 4.63. The Morgan fingerprint density at radius 3 is 2.60 bits per heavy atom. The number of nitrogens with zero attached hydrogens (tertiary/aromatic N) is 2. The van der Waals surface area contributed by atoms with Crippen LogP contribution >= 0.6 is 11.3 Å². The zero-order valence-corrected chi connectivity index (χ0v) is 10.8. The Labute approximate surface area is 116 Å². The fourth-order valence-electron chi connectivity index (χ4n) is 2.04. The van der Waals surface area contributed by atoms with Crippen molar-refractivity contribution < 1.29 is 19.8 Å². The third-order valence-electron chi connectivity index (χ3n) is 2.88. The number of rotatable bonds is 3. The lowest BCUT2D eigenvalue weighted by Crippen LogP contribution is -2.05. The van der Waals surface area contributed by atoms with Gasteiger partial charge in [-0.1, -0.05) is 0 Å². The summed E-state index contributed by atoms with van der Waals surface area (Å²) in [5, 5.41) is 22.1. The van der Waals surface area contributed by atoms with Crippen LogP contribution < -0.4 is 0 Å². The Balaban J connectivity index is 2.41. The number of aromatic nitrogens is 2. The van der Waals surface area contributed by atoms with Gasteiger partial charge in [-0.3, -0.25) is 4.40 Å². The molecule has 100 valence electrons. The molecule has 0 aromatic carbocycles. The van der Waals surface area contributed by atoms with Crippen LogP contribution in [-0.2, 0) is 0 Å². The lowest BCUT2D eigenvalue weighted by molar-refractivity contribution is 0.0679. The van der Waals surface area contributed by atoms with Gasteiger partial charge in [0, 0.05) is 17.1 Å². The first-order valence-corrected chi connectivity index (χ1v) is 6.54. The van der Waals surface area contributed by atoms with Gasteiger partial charge in [-0.05, 0) is 23.6 Å². The molecule has 0 aliphatic rings. The summed E-state index contributed by atoms with van der Waals surface area (Å²) in [7, 11) is 0. The first-order chi connectivity index (χ1) is 9.59. The van der Waals surface area contributed by atoms with Crippen LogP contribution in [0.2, 0.25) is 0 Å². The Hall–Kier alpha value is -2.67. The van der Waals surface area contributed by atoms with E-state index < -0.39 is 11.9 Å². The van der Waals surface area contributed by atoms with Crippen LogP contribution in [-0.4, -0.2) is 31.5 Å². The van der Waals surface area contributed by atoms with Gasteiger partial charge in [0.1, 0.15) is 11.3 Å². The van der Waals surface area contributed by atoms with Crippen molar-refractivity contribution in [3.05, 3.63) is 46.4 Å². The van der Waals surface area contributed by atoms with Crippen molar-refractivity contribution in [2.24, 2.45) is 0 Å². The smallest absolute Gasteiger partial charge is 0.355 e. The molecule has 0 spiro atoms. The van der Waals surface area contributed by atoms with E-state index in [-0.39, 0.29) is 22.6 Å². The van der Waals surface area contributed by atoms with E-state index in [4.69, 9.17) is 5.11 Å². The molecular formula is C13H8N2O4S. The maximum Gasteiger partial charge on any atom is 0.355 e. The van der Waals surface area contributed by atoms with Crippen LogP contribution in [0, 0.1) is 0 Å². The molecule has 0 fully saturated rings. The number of hydrogen-bond donors (Lipinski definition) is 2. The quantitative estimate of drug-likeness (QED) is 0.772. The fraction of sp³-hybridized carbons (Fsp3) is 0. The lowest BCUT2D eigenvalue weighted by atomic mass is 10.2. The van der Waals surface area contributed by atoms with Gasteiger partial charge in [0.2, 0.25) is 0 Å². The topological polar surface area (TPSA) is 91.9 Å². The lowest BCUT2D eigenvalue weighted by Gasteiger charge is -1.99. The normalized spacial score (nSPS) is 10.8. The van der Waals surface area contributed by atoms with Crippen molar-refractivity contribution in [3.63, 3.8) is 0 Å². The van der Waals surface area contributed by atoms with Crippen LogP contribution in [0.3, 0.4) is 0 Å². The molecule has 0 amide bonds. The van der Waals surface area contributed by atoms with Crippen LogP contribution in [0.5, 0.6) is 0 Å². The molecule has 0 aliphatic heterocycles. The van der Waals surface area contributed by atoms with E-state index in [2.05, 4.69) is 4.98 Å². The molecule has 0 atom stereocenters. The molecule has 0 bridgehead atoms. The first-order valence-electron chi connectivity index (χ1n) is 5.60. The van der Waals surface area contributed by atoms with E-state index >= 15 is 0 Å². The summed E-state index contributed by atoms with van der Waals surface area (Å²) >= 11 is 1.42. The fourth-order valence-corrected chi connectivity index (χ4v) is 2.68. The Morgan fingerprint density at radius 1 is 1.20 bits per heavy atom. The number of carboxylic acids is 2. The van der Waals surface area contributed by atoms with E-state index in [1.165, 1.54) is 34.1 Å². The minimum absolute atomic E-state index is 0.0310. The molecule has 0 radical (unpaired) electrons. The van der Waals surface area contributed by atoms with Crippen molar-refractivity contribution in [2.45, 2.75) is 0 Å². The van der Waals surface area contributed by atoms with Gasteiger partial charge in [0.15, 0.2) is 11.3 Å². The molecule has 0 aliphatic carbocycles. The van der Waals surface area contributed by atoms with E-state index in [9.17, 15) is 14.7 Å². The van der Waals surface area contributed by atoms with Gasteiger partial charge in [0.25, 0.3) is 0 Å². The second-order valence-corrected chi connectivity index (χ2v) is 4.83. The van der Waals surface area contributed by atoms with Gasteiger partial charge in [-0.2, -0.15) is 11.3 Å². The summed E-state index contributed by atoms with van der Waals surface area (Å²) in [5.41, 5.74) is 0.983. The molecule has 2 N–H and O–H groups in total. The number of fused-ring (bicyclic) bond motifs is 1. The van der Waals surface area contributed by atoms with Crippen molar-refractivity contribution in [2.75, 3.05) is 0 Å². The number of pyridine rings is 1. The zero-order chi connectivity index (χ0) is 14.3. The number of carboxylic acid groups (broad SMARTS) is 2. The van der Waals surface area contributed by atoms with Gasteiger partial charge >= 0.3 is 11.9 Å². The maximum absolute atomic E-state index is 11.5. The van der Waals surface area contributed by atoms with Gasteiger partial charge in [-0.15, -0.1) is 0 Å². The van der Waals surface area contributed by atoms with Crippen LogP contribution in [0.1, 0.15) is 20.8 Å². The van der Waals surface area contributed by atoms with Crippen LogP contribution in [0.4, 0.5) is 0 Å². The third-order valence-corrected chi connectivity index (χ3v) is 3.56. The SMILES string of the molecule is O=C(O)c1cccn2c(C(=O)O)c(-c3ccsc3)nc12. The standard InChI is InChI=1S/C13H8N2O4S/c16-12(17)8-2-1-4-15-10(13(18)19)9(14-11(8)15)7-3-5-20-6-7/h1-6H,(H,16,17)(H,18,19). The van der Waals surface area contributed by atoms with Gasteiger partial charge in [0.05, 0.1) is 0 Å². The third kappa shape index (κ3) is 1.76. The van der Waals surface area contributed by atoms with Crippen LogP contribution in [0.25, 0.3) is 16.9 Å². The van der Waals surface area contributed by atoms with E-state index in [1.54, 1.807) is 11.4 Å². The number of carbonyl (C=O) groups is 2. The zero-order valence-electron chi connectivity index (χ0n) is 9.98. The highest BCUT2D eigenvalue weighted by Gasteiger charge is 2.23. The minimum atomic E-state index is -1.15. The Morgan fingerprint density at radius 2 is 2.00 bits per heavy atom. The monoisotopic (exact) mass is 288 g/mol. The summed E-state index contributed by atoms with van der Waals surface area (Å²) in [6.07, 6.45) is 1.49. The number of thiophene rings is 1. The van der Waals surface area contributed by atoms with Crippen molar-refractivity contribution in [1.82, 2.24) is 9.38 Å². The molecule has 3 aromatic rings. The highest BCUT2D eigenvalue weighted by molar-refractivity contribution is 7.08. The molecule has 6 nitrogen and oxygen atoms in total. The molecule has 0 saturated carbocycles. The predicted octanol–water partition coefficient (Wildman–Crippen LogP) is 2.46. The number of hydrogen-bond acceptors (Lipinski definition) is 4. The molecule has 3 heterocycles. The van der Waals surface area contributed by atoms with Gasteiger partial charge in [-0.25, -0.2) is 14.6 Å². The van der Waals surface area contributed by atoms with Gasteiger partial charge < -0.3 is 10.2 Å². The van der Waals surface area contributed by atoms with Crippen LogP contribution in [0.15, 0.2) is 35.2 Å². The Bertz CT molecular complexity index is 820. The maximum atomic E-state index is 11.5. The first kappa shape index (κ1) is 12.4.